The number of piperazine rings is 1. The Morgan fingerprint density at radius 1 is 0.875 bits per heavy atom. The van der Waals surface area contributed by atoms with Gasteiger partial charge in [0, 0.05) is 26.2 Å². The van der Waals surface area contributed by atoms with Crippen molar-refractivity contribution in [2.24, 2.45) is 28.2 Å². The maximum absolute atomic E-state index is 13.9. The van der Waals surface area contributed by atoms with Gasteiger partial charge < -0.3 is 4.90 Å². The maximum Gasteiger partial charge on any atom is 0.240 e. The first kappa shape index (κ1) is 20.9. The van der Waals surface area contributed by atoms with Crippen molar-refractivity contribution in [2.45, 2.75) is 64.0 Å². The Labute approximate surface area is 192 Å². The number of carbonyl (C=O) groups excluding carboxylic acids is 1. The van der Waals surface area contributed by atoms with E-state index in [-0.39, 0.29) is 17.5 Å². The monoisotopic (exact) mass is 434 g/mol. The first-order valence-corrected chi connectivity index (χ1v) is 12.8. The third-order valence-corrected chi connectivity index (χ3v) is 9.19. The minimum Gasteiger partial charge on any atom is -0.304 e. The van der Waals surface area contributed by atoms with Crippen LogP contribution in [-0.2, 0) is 4.79 Å². The summed E-state index contributed by atoms with van der Waals surface area (Å²) in [4.78, 5) is 26.6. The number of amides is 1. The molecule has 5 nitrogen and oxygen atoms in total. The molecule has 5 heteroatoms. The molecule has 1 aromatic carbocycles. The summed E-state index contributed by atoms with van der Waals surface area (Å²) in [6.45, 7) is 8.40. The number of rotatable bonds is 3. The summed E-state index contributed by atoms with van der Waals surface area (Å²) in [6.07, 6.45) is 7.94. The van der Waals surface area contributed by atoms with Crippen LogP contribution in [0.4, 0.5) is 5.69 Å². The van der Waals surface area contributed by atoms with Crippen LogP contribution >= 0.6 is 0 Å². The van der Waals surface area contributed by atoms with Crippen molar-refractivity contribution < 1.29 is 4.79 Å². The summed E-state index contributed by atoms with van der Waals surface area (Å²) < 4.78 is 0. The lowest BCUT2D eigenvalue weighted by Crippen LogP contribution is -2.56. The van der Waals surface area contributed by atoms with Gasteiger partial charge in [0.15, 0.2) is 0 Å². The van der Waals surface area contributed by atoms with E-state index in [0.29, 0.717) is 0 Å². The molecule has 6 aliphatic rings. The Morgan fingerprint density at radius 3 is 2.00 bits per heavy atom. The molecule has 0 spiro atoms. The van der Waals surface area contributed by atoms with Crippen LogP contribution in [0.25, 0.3) is 0 Å². The lowest BCUT2D eigenvalue weighted by atomic mass is 9.53. The van der Waals surface area contributed by atoms with Gasteiger partial charge in [0.05, 0.1) is 22.7 Å². The second kappa shape index (κ2) is 7.39. The van der Waals surface area contributed by atoms with Crippen LogP contribution in [0, 0.1) is 23.2 Å². The van der Waals surface area contributed by atoms with E-state index in [1.165, 1.54) is 38.5 Å². The molecule has 4 bridgehead atoms. The zero-order valence-electron chi connectivity index (χ0n) is 20.0. The molecule has 32 heavy (non-hydrogen) atoms. The molecular formula is C27H38N4O. The smallest absolute Gasteiger partial charge is 0.240 e. The standard InChI is InChI=1S/C27H38N4O/c1-26(2)23(30-11-9-29(3)10-12-30)24(31(25(26)32)22-7-5-4-6-8-22)28-27-16-19-13-20(17-27)15-21(14-19)18-27/h4-8,19-21,23H,9-18H2,1-3H3/t19?,20?,21?,23-,27?/m1/s1. The van der Waals surface area contributed by atoms with Crippen LogP contribution in [0.5, 0.6) is 0 Å². The number of amidine groups is 1. The molecule has 2 saturated heterocycles. The summed E-state index contributed by atoms with van der Waals surface area (Å²) in [5.74, 6) is 3.79. The number of aliphatic imine (C=N–C) groups is 1. The van der Waals surface area contributed by atoms with Gasteiger partial charge in [0.2, 0.25) is 5.91 Å². The molecular weight excluding hydrogens is 396 g/mol. The number of nitrogens with zero attached hydrogens (tertiary/aromatic N) is 4. The van der Waals surface area contributed by atoms with E-state index in [2.05, 4.69) is 42.8 Å². The second-order valence-electron chi connectivity index (χ2n) is 12.1. The molecule has 6 fully saturated rings. The zero-order chi connectivity index (χ0) is 22.1. The van der Waals surface area contributed by atoms with E-state index < -0.39 is 5.41 Å². The minimum atomic E-state index is -0.479. The molecule has 7 rings (SSSR count). The molecule has 1 aromatic rings. The summed E-state index contributed by atoms with van der Waals surface area (Å²) in [7, 11) is 2.20. The maximum atomic E-state index is 13.9. The van der Waals surface area contributed by atoms with Gasteiger partial charge in [-0.2, -0.15) is 0 Å². The first-order chi connectivity index (χ1) is 15.3. The van der Waals surface area contributed by atoms with Crippen molar-refractivity contribution in [2.75, 3.05) is 38.1 Å². The van der Waals surface area contributed by atoms with Crippen LogP contribution in [0.2, 0.25) is 0 Å². The molecule has 2 heterocycles. The Morgan fingerprint density at radius 2 is 1.44 bits per heavy atom. The third kappa shape index (κ3) is 3.27. The van der Waals surface area contributed by atoms with Gasteiger partial charge in [0.25, 0.3) is 0 Å². The van der Waals surface area contributed by atoms with Crippen molar-refractivity contribution in [3.05, 3.63) is 30.3 Å². The predicted octanol–water partition coefficient (Wildman–Crippen LogP) is 4.04. The molecule has 4 saturated carbocycles. The predicted molar refractivity (Wildman–Crippen MR) is 129 cm³/mol. The number of carbonyl (C=O) groups is 1. The third-order valence-electron chi connectivity index (χ3n) is 9.19. The average molecular weight is 435 g/mol. The highest BCUT2D eigenvalue weighted by atomic mass is 16.2. The van der Waals surface area contributed by atoms with Crippen molar-refractivity contribution in [1.82, 2.24) is 9.80 Å². The lowest BCUT2D eigenvalue weighted by Gasteiger charge is -2.55. The van der Waals surface area contributed by atoms with E-state index in [9.17, 15) is 4.79 Å². The van der Waals surface area contributed by atoms with Gasteiger partial charge in [-0.1, -0.05) is 18.2 Å². The molecule has 2 aliphatic heterocycles. The van der Waals surface area contributed by atoms with E-state index in [0.717, 1.165) is 55.5 Å². The molecule has 0 radical (unpaired) electrons. The number of anilines is 1. The minimum absolute atomic E-state index is 0.0527. The number of para-hydroxylation sites is 1. The highest BCUT2D eigenvalue weighted by molar-refractivity contribution is 6.27. The van der Waals surface area contributed by atoms with Crippen LogP contribution in [-0.4, -0.2) is 66.4 Å². The Bertz CT molecular complexity index is 880. The highest BCUT2D eigenvalue weighted by Gasteiger charge is 2.57. The van der Waals surface area contributed by atoms with Crippen molar-refractivity contribution in [3.8, 4) is 0 Å². The van der Waals surface area contributed by atoms with Crippen molar-refractivity contribution in [1.29, 1.82) is 0 Å². The van der Waals surface area contributed by atoms with Crippen LogP contribution in [0.3, 0.4) is 0 Å². The van der Waals surface area contributed by atoms with E-state index in [1.54, 1.807) is 0 Å². The van der Waals surface area contributed by atoms with E-state index >= 15 is 0 Å². The zero-order valence-corrected chi connectivity index (χ0v) is 20.0. The summed E-state index contributed by atoms with van der Waals surface area (Å²) in [5, 5.41) is 0. The number of benzene rings is 1. The Balaban J connectivity index is 1.46. The fourth-order valence-electron chi connectivity index (χ4n) is 8.04. The van der Waals surface area contributed by atoms with Gasteiger partial charge in [-0.3, -0.25) is 19.6 Å². The summed E-state index contributed by atoms with van der Waals surface area (Å²) >= 11 is 0. The summed E-state index contributed by atoms with van der Waals surface area (Å²) in [5.41, 5.74) is 0.556. The lowest BCUT2D eigenvalue weighted by molar-refractivity contribution is -0.126. The average Bonchev–Trinajstić information content (AvgIpc) is 2.93. The fourth-order valence-corrected chi connectivity index (χ4v) is 8.04. The van der Waals surface area contributed by atoms with Gasteiger partial charge in [-0.05, 0) is 89.3 Å². The molecule has 0 unspecified atom stereocenters. The molecule has 1 atom stereocenters. The molecule has 0 aromatic heterocycles. The fraction of sp³-hybridized carbons (Fsp3) is 0.704. The second-order valence-corrected chi connectivity index (χ2v) is 12.1. The van der Waals surface area contributed by atoms with Gasteiger partial charge in [0.1, 0.15) is 5.84 Å². The van der Waals surface area contributed by atoms with Crippen molar-refractivity contribution >= 4 is 17.4 Å². The van der Waals surface area contributed by atoms with Crippen molar-refractivity contribution in [3.63, 3.8) is 0 Å². The van der Waals surface area contributed by atoms with Gasteiger partial charge >= 0.3 is 0 Å². The molecule has 0 N–H and O–H groups in total. The SMILES string of the molecule is CN1CCN([C@@H]2C(=NC34CC5CC(CC(C5)C3)C4)N(c3ccccc3)C(=O)C2(C)C)CC1. The molecule has 4 aliphatic carbocycles. The molecule has 1 amide bonds. The normalized spacial score (nSPS) is 40.5. The Kier molecular flexibility index (Phi) is 4.82. The highest BCUT2D eigenvalue weighted by Crippen LogP contribution is 2.58. The van der Waals surface area contributed by atoms with Crippen LogP contribution in [0.15, 0.2) is 35.3 Å². The van der Waals surface area contributed by atoms with E-state index in [4.69, 9.17) is 4.99 Å². The Hall–Kier alpha value is -1.72. The van der Waals surface area contributed by atoms with Gasteiger partial charge in [-0.15, -0.1) is 0 Å². The number of hydrogen-bond acceptors (Lipinski definition) is 4. The largest absolute Gasteiger partial charge is 0.304 e. The molecule has 172 valence electrons. The summed E-state index contributed by atoms with van der Waals surface area (Å²) in [6, 6.07) is 10.3. The van der Waals surface area contributed by atoms with E-state index in [1.807, 2.05) is 23.1 Å². The van der Waals surface area contributed by atoms with Crippen LogP contribution < -0.4 is 4.90 Å². The van der Waals surface area contributed by atoms with Gasteiger partial charge in [-0.25, -0.2) is 0 Å². The first-order valence-electron chi connectivity index (χ1n) is 12.8. The quantitative estimate of drug-likeness (QED) is 0.721. The number of hydrogen-bond donors (Lipinski definition) is 0. The topological polar surface area (TPSA) is 39.1 Å². The number of likely N-dealkylation sites (N-methyl/N-ethyl adjacent to an activating group) is 1. The van der Waals surface area contributed by atoms with Crippen LogP contribution in [0.1, 0.15) is 52.4 Å².